The number of aryl methyl sites for hydroxylation is 1. The van der Waals surface area contributed by atoms with Gasteiger partial charge in [0.2, 0.25) is 0 Å². The van der Waals surface area contributed by atoms with E-state index in [1.807, 2.05) is 13.0 Å². The van der Waals surface area contributed by atoms with Crippen LogP contribution >= 0.6 is 0 Å². The monoisotopic (exact) mass is 348 g/mol. The molecule has 138 valence electrons. The Morgan fingerprint density at radius 2 is 2.28 bits per heavy atom. The lowest BCUT2D eigenvalue weighted by molar-refractivity contribution is -0.0453. The van der Waals surface area contributed by atoms with Crippen LogP contribution in [0.5, 0.6) is 0 Å². The number of nitrogens with zero attached hydrogens (tertiary/aromatic N) is 2. The number of nitrogens with one attached hydrogen (secondary N) is 2. The Hall–Kier alpha value is -1.66. The molecule has 0 bridgehead atoms. The number of hydrogen-bond donors (Lipinski definition) is 2. The third kappa shape index (κ3) is 4.92. The molecular formula is C19H29FN4O. The minimum atomic E-state index is -0.174. The van der Waals surface area contributed by atoms with Crippen molar-refractivity contribution < 1.29 is 9.13 Å². The molecule has 0 aromatic heterocycles. The molecule has 2 heterocycles. The van der Waals surface area contributed by atoms with Gasteiger partial charge in [0, 0.05) is 25.7 Å². The molecule has 2 atom stereocenters. The topological polar surface area (TPSA) is 48.9 Å². The van der Waals surface area contributed by atoms with Crippen molar-refractivity contribution in [1.82, 2.24) is 15.5 Å². The summed E-state index contributed by atoms with van der Waals surface area (Å²) in [6.07, 6.45) is 2.75. The lowest BCUT2D eigenvalue weighted by Gasteiger charge is -2.35. The Morgan fingerprint density at radius 3 is 3.08 bits per heavy atom. The van der Waals surface area contributed by atoms with E-state index in [1.54, 1.807) is 13.0 Å². The highest BCUT2D eigenvalue weighted by Crippen LogP contribution is 2.22. The van der Waals surface area contributed by atoms with Crippen molar-refractivity contribution >= 4 is 5.96 Å². The molecular weight excluding hydrogens is 319 g/mol. The fourth-order valence-electron chi connectivity index (χ4n) is 3.54. The first kappa shape index (κ1) is 18.1. The summed E-state index contributed by atoms with van der Waals surface area (Å²) in [7, 11) is 0. The molecule has 2 N–H and O–H groups in total. The Kier molecular flexibility index (Phi) is 6.26. The standard InChI is InChI=1S/C19H29FN4O/c1-3-21-19(22-10-15-6-7-18(20)14(2)9-15)23-11-17-12-24-8-4-5-16(24)13-25-17/h6-7,9,16-17H,3-5,8,10-13H2,1-2H3,(H2,21,22,23). The number of aliphatic imine (C=N–C) groups is 1. The van der Waals surface area contributed by atoms with Crippen LogP contribution in [-0.2, 0) is 11.3 Å². The van der Waals surface area contributed by atoms with Crippen LogP contribution in [0, 0.1) is 12.7 Å². The molecule has 1 aromatic rings. The summed E-state index contributed by atoms with van der Waals surface area (Å²) in [6.45, 7) is 8.93. The average Bonchev–Trinajstić information content (AvgIpc) is 3.08. The summed E-state index contributed by atoms with van der Waals surface area (Å²) < 4.78 is 19.3. The highest BCUT2D eigenvalue weighted by molar-refractivity contribution is 5.79. The van der Waals surface area contributed by atoms with Crippen LogP contribution in [0.1, 0.15) is 30.9 Å². The second-order valence-corrected chi connectivity index (χ2v) is 6.91. The smallest absolute Gasteiger partial charge is 0.191 e. The van der Waals surface area contributed by atoms with Crippen LogP contribution in [0.2, 0.25) is 0 Å². The fraction of sp³-hybridized carbons (Fsp3) is 0.632. The van der Waals surface area contributed by atoms with E-state index in [1.165, 1.54) is 25.5 Å². The second kappa shape index (κ2) is 8.63. The lowest BCUT2D eigenvalue weighted by atomic mass is 10.1. The zero-order valence-corrected chi connectivity index (χ0v) is 15.2. The number of guanidine groups is 1. The quantitative estimate of drug-likeness (QED) is 0.632. The minimum Gasteiger partial charge on any atom is -0.373 e. The number of fused-ring (bicyclic) bond motifs is 1. The molecule has 3 rings (SSSR count). The van der Waals surface area contributed by atoms with E-state index in [0.29, 0.717) is 18.2 Å². The zero-order valence-electron chi connectivity index (χ0n) is 15.2. The predicted molar refractivity (Wildman–Crippen MR) is 98.3 cm³/mol. The normalized spacial score (nSPS) is 24.2. The fourth-order valence-corrected chi connectivity index (χ4v) is 3.54. The average molecular weight is 348 g/mol. The molecule has 0 amide bonds. The van der Waals surface area contributed by atoms with Gasteiger partial charge in [-0.15, -0.1) is 0 Å². The summed E-state index contributed by atoms with van der Waals surface area (Å²) in [4.78, 5) is 7.15. The van der Waals surface area contributed by atoms with Crippen molar-refractivity contribution in [2.45, 2.75) is 45.4 Å². The summed E-state index contributed by atoms with van der Waals surface area (Å²) in [5.41, 5.74) is 1.66. The summed E-state index contributed by atoms with van der Waals surface area (Å²) in [5, 5.41) is 6.64. The molecule has 25 heavy (non-hydrogen) atoms. The number of ether oxygens (including phenoxy) is 1. The Labute approximate surface area is 149 Å². The van der Waals surface area contributed by atoms with E-state index >= 15 is 0 Å². The van der Waals surface area contributed by atoms with E-state index in [-0.39, 0.29) is 11.9 Å². The first-order chi connectivity index (χ1) is 12.2. The molecule has 0 aliphatic carbocycles. The van der Waals surface area contributed by atoms with Crippen molar-refractivity contribution in [3.63, 3.8) is 0 Å². The maximum absolute atomic E-state index is 13.4. The van der Waals surface area contributed by atoms with Crippen molar-refractivity contribution in [2.24, 2.45) is 4.99 Å². The van der Waals surface area contributed by atoms with Gasteiger partial charge < -0.3 is 15.4 Å². The van der Waals surface area contributed by atoms with Gasteiger partial charge in [-0.25, -0.2) is 9.38 Å². The van der Waals surface area contributed by atoms with Gasteiger partial charge in [-0.1, -0.05) is 12.1 Å². The number of morpholine rings is 1. The van der Waals surface area contributed by atoms with Crippen molar-refractivity contribution in [3.05, 3.63) is 35.1 Å². The van der Waals surface area contributed by atoms with Gasteiger partial charge in [-0.2, -0.15) is 0 Å². The van der Waals surface area contributed by atoms with Crippen LogP contribution in [-0.4, -0.2) is 55.8 Å². The summed E-state index contributed by atoms with van der Waals surface area (Å²) >= 11 is 0. The van der Waals surface area contributed by atoms with Crippen molar-refractivity contribution in [2.75, 3.05) is 32.8 Å². The van der Waals surface area contributed by atoms with Crippen LogP contribution in [0.15, 0.2) is 23.2 Å². The Balaban J connectivity index is 1.52. The highest BCUT2D eigenvalue weighted by atomic mass is 19.1. The molecule has 2 aliphatic rings. The van der Waals surface area contributed by atoms with E-state index in [2.05, 4.69) is 20.5 Å². The van der Waals surface area contributed by atoms with E-state index in [0.717, 1.165) is 37.8 Å². The van der Waals surface area contributed by atoms with Crippen LogP contribution in [0.3, 0.4) is 0 Å². The van der Waals surface area contributed by atoms with Gasteiger partial charge in [0.05, 0.1) is 19.3 Å². The van der Waals surface area contributed by atoms with Gasteiger partial charge >= 0.3 is 0 Å². The zero-order chi connectivity index (χ0) is 17.6. The van der Waals surface area contributed by atoms with Crippen LogP contribution < -0.4 is 10.6 Å². The maximum Gasteiger partial charge on any atom is 0.191 e. The lowest BCUT2D eigenvalue weighted by Crippen LogP contribution is -2.51. The van der Waals surface area contributed by atoms with Gasteiger partial charge in [0.25, 0.3) is 0 Å². The van der Waals surface area contributed by atoms with Crippen LogP contribution in [0.4, 0.5) is 4.39 Å². The van der Waals surface area contributed by atoms with Gasteiger partial charge in [0.1, 0.15) is 5.82 Å². The SMILES string of the molecule is CCNC(=NCc1ccc(F)c(C)c1)NCC1CN2CCCC2CO1. The van der Waals surface area contributed by atoms with Crippen molar-refractivity contribution in [3.8, 4) is 0 Å². The third-order valence-corrected chi connectivity index (χ3v) is 4.95. The van der Waals surface area contributed by atoms with E-state index in [4.69, 9.17) is 4.74 Å². The Bertz CT molecular complexity index is 607. The molecule has 1 aromatic carbocycles. The number of hydrogen-bond acceptors (Lipinski definition) is 3. The highest BCUT2D eigenvalue weighted by Gasteiger charge is 2.32. The Morgan fingerprint density at radius 1 is 1.40 bits per heavy atom. The molecule has 2 unspecified atom stereocenters. The van der Waals surface area contributed by atoms with Gasteiger partial charge in [-0.05, 0) is 50.4 Å². The molecule has 2 fully saturated rings. The molecule has 0 spiro atoms. The largest absolute Gasteiger partial charge is 0.373 e. The second-order valence-electron chi connectivity index (χ2n) is 6.91. The molecule has 2 aliphatic heterocycles. The molecule has 6 heteroatoms. The van der Waals surface area contributed by atoms with Crippen LogP contribution in [0.25, 0.3) is 0 Å². The molecule has 5 nitrogen and oxygen atoms in total. The van der Waals surface area contributed by atoms with Gasteiger partial charge in [0.15, 0.2) is 5.96 Å². The molecule has 2 saturated heterocycles. The summed E-state index contributed by atoms with van der Waals surface area (Å²) in [5.74, 6) is 0.601. The maximum atomic E-state index is 13.4. The van der Waals surface area contributed by atoms with Gasteiger partial charge in [-0.3, -0.25) is 4.90 Å². The number of rotatable bonds is 5. The van der Waals surface area contributed by atoms with E-state index < -0.39 is 0 Å². The first-order valence-corrected chi connectivity index (χ1v) is 9.28. The van der Waals surface area contributed by atoms with Crippen molar-refractivity contribution in [1.29, 1.82) is 0 Å². The number of halogens is 1. The number of benzene rings is 1. The summed E-state index contributed by atoms with van der Waals surface area (Å²) in [6, 6.07) is 5.76. The van der Waals surface area contributed by atoms with E-state index in [9.17, 15) is 4.39 Å². The minimum absolute atomic E-state index is 0.174. The predicted octanol–water partition coefficient (Wildman–Crippen LogP) is 2.05. The third-order valence-electron chi connectivity index (χ3n) is 4.95. The first-order valence-electron chi connectivity index (χ1n) is 9.28. The molecule has 0 radical (unpaired) electrons. The molecule has 0 saturated carbocycles.